The zero-order valence-corrected chi connectivity index (χ0v) is 25.5. The molecule has 0 fully saturated rings. The molecular weight excluding hydrogens is 598 g/mol. The Morgan fingerprint density at radius 1 is 0.745 bits per heavy atom. The molecule has 7 aromatic rings. The number of pyridine rings is 1. The van der Waals surface area contributed by atoms with E-state index in [0.717, 1.165) is 44.3 Å². The number of nitrogens with zero attached hydrogens (tertiary/aromatic N) is 8. The standard InChI is InChI=1S/C36H30F2N8O/c1-25-36-34(14-15-39-25)33-13-12-32(47-24-31-22-45(43-41-31)17-5-9-27-7-3-11-29(38)19-27)20-35(33)46(36)23-30-21-44(42-40-30)16-4-8-26-6-2-10-28(37)18-26/h2-15,18-22H,16-17,23-24H2,1H3/b8-4+,9-5+. The fourth-order valence-electron chi connectivity index (χ4n) is 5.58. The van der Waals surface area contributed by atoms with Crippen LogP contribution >= 0.6 is 0 Å². The molecule has 0 amide bonds. The van der Waals surface area contributed by atoms with Crippen molar-refractivity contribution in [3.63, 3.8) is 0 Å². The Morgan fingerprint density at radius 3 is 2.09 bits per heavy atom. The summed E-state index contributed by atoms with van der Waals surface area (Å²) in [5.41, 5.74) is 5.97. The molecule has 0 unspecified atom stereocenters. The van der Waals surface area contributed by atoms with Crippen molar-refractivity contribution in [3.8, 4) is 5.75 Å². The monoisotopic (exact) mass is 628 g/mol. The zero-order chi connectivity index (χ0) is 32.2. The molecular formula is C36H30F2N8O. The van der Waals surface area contributed by atoms with E-state index < -0.39 is 0 Å². The van der Waals surface area contributed by atoms with Gasteiger partial charge in [-0.05, 0) is 60.5 Å². The van der Waals surface area contributed by atoms with Crippen LogP contribution in [0.2, 0.25) is 0 Å². The Hall–Kier alpha value is -5.97. The minimum absolute atomic E-state index is 0.247. The molecule has 0 radical (unpaired) electrons. The SMILES string of the molecule is Cc1nccc2c3ccc(OCc4cn(C/C=C/c5cccc(F)c5)nn4)cc3n(Cc3cn(C/C=C/c4cccc(F)c4)nn3)c12. The largest absolute Gasteiger partial charge is 0.487 e. The summed E-state index contributed by atoms with van der Waals surface area (Å²) in [6.07, 6.45) is 13.1. The lowest BCUT2D eigenvalue weighted by Crippen LogP contribution is -2.02. The van der Waals surface area contributed by atoms with Crippen molar-refractivity contribution in [1.29, 1.82) is 0 Å². The molecule has 234 valence electrons. The molecule has 47 heavy (non-hydrogen) atoms. The highest BCUT2D eigenvalue weighted by Crippen LogP contribution is 2.33. The topological polar surface area (TPSA) is 88.5 Å². The maximum Gasteiger partial charge on any atom is 0.134 e. The molecule has 0 spiro atoms. The van der Waals surface area contributed by atoms with Gasteiger partial charge in [0.2, 0.25) is 0 Å². The molecule has 0 atom stereocenters. The van der Waals surface area contributed by atoms with Gasteiger partial charge in [-0.25, -0.2) is 18.1 Å². The van der Waals surface area contributed by atoms with Crippen molar-refractivity contribution in [3.05, 3.63) is 143 Å². The Balaban J connectivity index is 1.07. The van der Waals surface area contributed by atoms with Crippen LogP contribution in [0.3, 0.4) is 0 Å². The van der Waals surface area contributed by atoms with Gasteiger partial charge in [-0.15, -0.1) is 10.2 Å². The number of rotatable bonds is 11. The third kappa shape index (κ3) is 6.84. The first-order chi connectivity index (χ1) is 23.0. The van der Waals surface area contributed by atoms with Crippen LogP contribution < -0.4 is 4.74 Å². The smallest absolute Gasteiger partial charge is 0.134 e. The van der Waals surface area contributed by atoms with Crippen LogP contribution in [0, 0.1) is 18.6 Å². The molecule has 3 aromatic carbocycles. The maximum absolute atomic E-state index is 13.5. The number of ether oxygens (including phenoxy) is 1. The minimum Gasteiger partial charge on any atom is -0.487 e. The second-order valence-corrected chi connectivity index (χ2v) is 11.1. The summed E-state index contributed by atoms with van der Waals surface area (Å²) < 4.78 is 38.7. The average Bonchev–Trinajstić information content (AvgIpc) is 3.79. The van der Waals surface area contributed by atoms with Gasteiger partial charge < -0.3 is 9.30 Å². The maximum atomic E-state index is 13.5. The van der Waals surface area contributed by atoms with Gasteiger partial charge in [-0.1, -0.05) is 59.0 Å². The highest BCUT2D eigenvalue weighted by atomic mass is 19.1. The Morgan fingerprint density at radius 2 is 1.40 bits per heavy atom. The van der Waals surface area contributed by atoms with Crippen LogP contribution in [0.4, 0.5) is 8.78 Å². The summed E-state index contributed by atoms with van der Waals surface area (Å²) in [6.45, 7) is 3.73. The molecule has 0 saturated heterocycles. The number of halogens is 2. The molecule has 0 bridgehead atoms. The highest BCUT2D eigenvalue weighted by Gasteiger charge is 2.16. The lowest BCUT2D eigenvalue weighted by Gasteiger charge is -2.08. The number of aryl methyl sites for hydroxylation is 1. The number of hydrogen-bond acceptors (Lipinski definition) is 6. The second kappa shape index (κ2) is 13.2. The van der Waals surface area contributed by atoms with E-state index in [1.165, 1.54) is 24.3 Å². The summed E-state index contributed by atoms with van der Waals surface area (Å²) in [5.74, 6) is 0.156. The molecule has 0 N–H and O–H groups in total. The van der Waals surface area contributed by atoms with E-state index in [1.807, 2.05) is 80.2 Å². The van der Waals surface area contributed by atoms with Crippen LogP contribution in [0.15, 0.2) is 104 Å². The van der Waals surface area contributed by atoms with Gasteiger partial charge >= 0.3 is 0 Å². The van der Waals surface area contributed by atoms with E-state index in [1.54, 1.807) is 21.5 Å². The Bertz CT molecular complexity index is 2250. The number of benzene rings is 3. The van der Waals surface area contributed by atoms with Crippen molar-refractivity contribution in [2.45, 2.75) is 33.2 Å². The van der Waals surface area contributed by atoms with Gasteiger partial charge in [0.15, 0.2) is 0 Å². The van der Waals surface area contributed by atoms with Crippen molar-refractivity contribution in [2.75, 3.05) is 0 Å². The summed E-state index contributed by atoms with van der Waals surface area (Å²) in [5, 5.41) is 19.3. The first kappa shape index (κ1) is 29.7. The summed E-state index contributed by atoms with van der Waals surface area (Å²) in [6, 6.07) is 20.9. The van der Waals surface area contributed by atoms with Crippen LogP contribution in [-0.2, 0) is 26.2 Å². The Kier molecular flexibility index (Phi) is 8.33. The molecule has 0 saturated carbocycles. The van der Waals surface area contributed by atoms with E-state index >= 15 is 0 Å². The highest BCUT2D eigenvalue weighted by molar-refractivity contribution is 6.09. The number of aromatic nitrogens is 8. The van der Waals surface area contributed by atoms with Crippen LogP contribution in [0.5, 0.6) is 5.75 Å². The van der Waals surface area contributed by atoms with Gasteiger partial charge in [-0.3, -0.25) is 4.98 Å². The normalized spacial score (nSPS) is 11.9. The van der Waals surface area contributed by atoms with E-state index in [2.05, 4.69) is 36.2 Å². The Labute approximate surface area is 269 Å². The van der Waals surface area contributed by atoms with Gasteiger partial charge in [0.05, 0.1) is 48.8 Å². The summed E-state index contributed by atoms with van der Waals surface area (Å²) in [7, 11) is 0. The molecule has 11 heteroatoms. The first-order valence-electron chi connectivity index (χ1n) is 15.1. The van der Waals surface area contributed by atoms with E-state index in [9.17, 15) is 8.78 Å². The van der Waals surface area contributed by atoms with Crippen LogP contribution in [0.1, 0.15) is 28.2 Å². The van der Waals surface area contributed by atoms with Crippen molar-refractivity contribution in [1.82, 2.24) is 39.5 Å². The lowest BCUT2D eigenvalue weighted by atomic mass is 10.1. The predicted octanol–water partition coefficient (Wildman–Crippen LogP) is 7.01. The summed E-state index contributed by atoms with van der Waals surface area (Å²) in [4.78, 5) is 4.56. The number of allylic oxidation sites excluding steroid dienone is 2. The lowest BCUT2D eigenvalue weighted by molar-refractivity contribution is 0.301. The predicted molar refractivity (Wildman–Crippen MR) is 176 cm³/mol. The van der Waals surface area contributed by atoms with Gasteiger partial charge in [0.1, 0.15) is 35.4 Å². The van der Waals surface area contributed by atoms with Crippen molar-refractivity contribution < 1.29 is 13.5 Å². The third-order valence-electron chi connectivity index (χ3n) is 7.71. The molecule has 7 rings (SSSR count). The molecule has 0 aliphatic rings. The van der Waals surface area contributed by atoms with Gasteiger partial charge in [0, 0.05) is 23.0 Å². The molecule has 0 aliphatic heterocycles. The molecule has 0 aliphatic carbocycles. The van der Waals surface area contributed by atoms with E-state index in [-0.39, 0.29) is 18.2 Å². The fraction of sp³-hybridized carbons (Fsp3) is 0.139. The molecule has 4 aromatic heterocycles. The first-order valence-corrected chi connectivity index (χ1v) is 15.1. The molecule has 4 heterocycles. The zero-order valence-electron chi connectivity index (χ0n) is 25.5. The second-order valence-electron chi connectivity index (χ2n) is 11.1. The van der Waals surface area contributed by atoms with Crippen molar-refractivity contribution in [2.24, 2.45) is 0 Å². The fourth-order valence-corrected chi connectivity index (χ4v) is 5.58. The average molecular weight is 629 g/mol. The quantitative estimate of drug-likeness (QED) is 0.153. The molecule has 9 nitrogen and oxygen atoms in total. The number of hydrogen-bond donors (Lipinski definition) is 0. The number of fused-ring (bicyclic) bond motifs is 3. The van der Waals surface area contributed by atoms with Gasteiger partial charge in [-0.2, -0.15) is 0 Å². The van der Waals surface area contributed by atoms with E-state index in [0.29, 0.717) is 31.1 Å². The summed E-state index contributed by atoms with van der Waals surface area (Å²) >= 11 is 0. The third-order valence-corrected chi connectivity index (χ3v) is 7.71. The van der Waals surface area contributed by atoms with E-state index in [4.69, 9.17) is 4.74 Å². The van der Waals surface area contributed by atoms with Crippen molar-refractivity contribution >= 4 is 34.0 Å². The minimum atomic E-state index is -0.270. The van der Waals surface area contributed by atoms with Gasteiger partial charge in [0.25, 0.3) is 0 Å². The van der Waals surface area contributed by atoms with Crippen LogP contribution in [0.25, 0.3) is 34.0 Å². The van der Waals surface area contributed by atoms with Crippen LogP contribution in [-0.4, -0.2) is 39.5 Å².